The molecule has 15 rings (SSSR count). The van der Waals surface area contributed by atoms with Crippen LogP contribution in [0.3, 0.4) is 0 Å². The summed E-state index contributed by atoms with van der Waals surface area (Å²) >= 11 is 0. The number of benzene rings is 10. The summed E-state index contributed by atoms with van der Waals surface area (Å²) in [6.45, 7) is 1.66. The number of aromatic nitrogens is 4. The Morgan fingerprint density at radius 2 is 1.17 bits per heavy atom. The molecule has 0 N–H and O–H groups in total. The van der Waals surface area contributed by atoms with E-state index in [1.165, 1.54) is 12.1 Å². The average Bonchev–Trinajstić information content (AvgIpc) is 0.738. The van der Waals surface area contributed by atoms with Crippen molar-refractivity contribution in [2.75, 3.05) is 0 Å². The van der Waals surface area contributed by atoms with Gasteiger partial charge in [0.05, 0.1) is 27.7 Å². The largest absolute Gasteiger partial charge is 0.510 e. The Morgan fingerprint density at radius 1 is 0.522 bits per heavy atom. The maximum atomic E-state index is 10.6. The molecule has 0 unspecified atom stereocenters. The number of fused-ring (bicyclic) bond motifs is 11. The summed E-state index contributed by atoms with van der Waals surface area (Å²) in [5.41, 5.74) is -5.38. The van der Waals surface area contributed by atoms with Crippen molar-refractivity contribution < 1.29 is 63.3 Å². The first-order chi connectivity index (χ1) is 53.4. The van der Waals surface area contributed by atoms with Gasteiger partial charge in [0.15, 0.2) is 0 Å². The van der Waals surface area contributed by atoms with Crippen LogP contribution in [-0.4, -0.2) is 14.1 Å². The van der Waals surface area contributed by atoms with Crippen LogP contribution in [0.5, 0.6) is 11.5 Å². The normalized spacial score (nSPS) is 19.6. The predicted molar refractivity (Wildman–Crippen MR) is 378 cm³/mol. The fraction of sp³-hybridized carbons (Fsp3) is 0.233. The summed E-state index contributed by atoms with van der Waals surface area (Å²) in [5.74, 6) is 1.04. The van der Waals surface area contributed by atoms with Crippen LogP contribution in [0.15, 0.2) is 212 Å². The van der Waals surface area contributed by atoms with E-state index < -0.39 is 127 Å². The van der Waals surface area contributed by atoms with Crippen LogP contribution in [0.4, 0.5) is 0 Å². The Balaban J connectivity index is 0.0000111. The minimum atomic E-state index is -4.62. The molecule has 0 amide bonds. The number of rotatable bonds is 7. The Bertz CT molecular complexity index is 6190. The van der Waals surface area contributed by atoms with Gasteiger partial charge in [-0.05, 0) is 170 Å². The zero-order valence-corrected chi connectivity index (χ0v) is 54.4. The molecule has 13 aromatic rings. The molecule has 6 heteroatoms. The van der Waals surface area contributed by atoms with Gasteiger partial charge in [0.2, 0.25) is 0 Å². The van der Waals surface area contributed by atoms with Gasteiger partial charge in [-0.25, -0.2) is 4.98 Å². The molecule has 4 heterocycles. The van der Waals surface area contributed by atoms with E-state index in [1.54, 1.807) is 71.4 Å². The third-order valence-corrected chi connectivity index (χ3v) is 17.5. The van der Waals surface area contributed by atoms with Crippen molar-refractivity contribution >= 4 is 32.8 Å². The van der Waals surface area contributed by atoms with Crippen LogP contribution in [0, 0.1) is 18.5 Å². The van der Waals surface area contributed by atoms with Crippen molar-refractivity contribution in [3.8, 4) is 95.5 Å². The van der Waals surface area contributed by atoms with Crippen LogP contribution < -0.4 is 9.30 Å². The SMILES string of the molecule is [2H]c1c([2H])c([2H])c(-c2cccc3c2-c2ccccc2-c2cc(-c4c([2H])c([2H])c5c(c4[2H])C(C([2H])([2H])[2H])(C([2H])([2H])[2H])C([2H])([2H])C([2H])([2H])C5(C([2H])([2H])[2H])C([2H])([2H])[2H])cc4c2[n+]([c-]n4-c2[c-]c(Oc4[c-]c5c(cc4)c4ccccc4n5-c4cc(C(C)(C)C)ccn4)ccc2)-c2c(-c4cc(C(C)(C)C)cc(C(C)(C)C)c4)cccc2-3)c([2H])c1[2H].[Pt]. The van der Waals surface area contributed by atoms with Crippen molar-refractivity contribution in [3.05, 3.63) is 259 Å². The van der Waals surface area contributed by atoms with E-state index in [0.717, 1.165) is 38.5 Å². The number of pyridine rings is 1. The Labute approximate surface area is 591 Å². The third-order valence-electron chi connectivity index (χ3n) is 17.5. The second-order valence-electron chi connectivity index (χ2n) is 26.8. The summed E-state index contributed by atoms with van der Waals surface area (Å²) in [5, 5.41) is 1.79. The van der Waals surface area contributed by atoms with Crippen LogP contribution >= 0.6 is 0 Å². The van der Waals surface area contributed by atoms with E-state index in [-0.39, 0.29) is 82.5 Å². The van der Waals surface area contributed by atoms with Crippen molar-refractivity contribution in [3.63, 3.8) is 0 Å². The number of imidazole rings is 1. The Kier molecular flexibility index (Phi) is 9.36. The van der Waals surface area contributed by atoms with Gasteiger partial charge in [-0.2, -0.15) is 18.2 Å². The van der Waals surface area contributed by atoms with Gasteiger partial charge in [-0.1, -0.05) is 247 Å². The zero-order chi connectivity index (χ0) is 83.6. The molecule has 10 aromatic carbocycles. The van der Waals surface area contributed by atoms with Crippen LogP contribution in [-0.2, 0) is 48.1 Å². The molecular formula is C86H78N4OPt-2. The molecule has 460 valence electrons. The first-order valence-corrected chi connectivity index (χ1v) is 30.3. The van der Waals surface area contributed by atoms with E-state index in [4.69, 9.17) is 22.1 Å². The molecule has 92 heavy (non-hydrogen) atoms. The quantitative estimate of drug-likeness (QED) is 0.118. The Hall–Kier alpha value is -8.89. The minimum absolute atomic E-state index is 0. The van der Waals surface area contributed by atoms with Gasteiger partial charge in [0.25, 0.3) is 6.33 Å². The molecule has 1 aliphatic heterocycles. The monoisotopic (exact) mass is 1400 g/mol. The molecule has 0 fully saturated rings. The van der Waals surface area contributed by atoms with Crippen molar-refractivity contribution in [1.82, 2.24) is 14.1 Å². The first kappa shape index (κ1) is 38.8. The first-order valence-electron chi connectivity index (χ1n) is 42.3. The Morgan fingerprint density at radius 3 is 1.91 bits per heavy atom. The van der Waals surface area contributed by atoms with Gasteiger partial charge in [0, 0.05) is 66.2 Å². The maximum absolute atomic E-state index is 10.6. The van der Waals surface area contributed by atoms with Gasteiger partial charge < -0.3 is 13.9 Å². The summed E-state index contributed by atoms with van der Waals surface area (Å²) in [6.07, 6.45) is -3.73. The molecule has 3 aromatic heterocycles. The summed E-state index contributed by atoms with van der Waals surface area (Å²) in [6, 6.07) is 47.8. The van der Waals surface area contributed by atoms with Crippen LogP contribution in [0.1, 0.15) is 163 Å². The van der Waals surface area contributed by atoms with Gasteiger partial charge in [-0.15, -0.1) is 29.7 Å². The smallest absolute Gasteiger partial charge is 0.268 e. The average molecular weight is 1400 g/mol. The van der Waals surface area contributed by atoms with Gasteiger partial charge >= 0.3 is 0 Å². The molecular weight excluding hydrogens is 1300 g/mol. The maximum Gasteiger partial charge on any atom is 0.268 e. The van der Waals surface area contributed by atoms with E-state index in [9.17, 15) is 20.6 Å². The molecule has 0 spiro atoms. The summed E-state index contributed by atoms with van der Waals surface area (Å²) < 4.78 is 238. The molecule has 5 nitrogen and oxygen atoms in total. The van der Waals surface area contributed by atoms with Crippen LogP contribution in [0.2, 0.25) is 0 Å². The second kappa shape index (κ2) is 22.2. The standard InChI is InChI=1S/C86H78N4O.Pt/c1-82(2,3)58-40-43-87-78(50-58)90-75-35-20-19-29-67(75)68-38-37-63(52-76(68)90)91-62-27-21-26-61(51-62)88-53-89-80-65(57-44-59(83(4,5)6)49-60(45-57)84(7,8)9)32-23-34-71(80)70-33-22-31-64(54-24-15-14-16-25-54)79(70)69-30-18-17-28-66(69)72-46-56(48-77(88)81(72)89)55-36-39-73-74(47-55)86(12,13)42-41-85(73,10)11;/h14-40,43-50H,41-42H2,1-13H3;/q-2;/i10D3,11D3,12D3,13D3,14D,15D,16D,24D,25D,36D,39D,41D2,42D2,47D;. The number of hydrogen-bond donors (Lipinski definition) is 0. The molecule has 0 saturated carbocycles. The van der Waals surface area contributed by atoms with Gasteiger partial charge in [0.1, 0.15) is 5.82 Å². The van der Waals surface area contributed by atoms with E-state index in [2.05, 4.69) is 99.0 Å². The third kappa shape index (κ3) is 10.4. The zero-order valence-electron chi connectivity index (χ0n) is 76.1. The topological polar surface area (TPSA) is 35.9 Å². The number of hydrogen-bond acceptors (Lipinski definition) is 2. The molecule has 1 aliphatic carbocycles. The van der Waals surface area contributed by atoms with E-state index in [1.807, 2.05) is 75.9 Å². The van der Waals surface area contributed by atoms with Crippen molar-refractivity contribution in [2.24, 2.45) is 0 Å². The van der Waals surface area contributed by atoms with E-state index in [0.29, 0.717) is 44.8 Å². The van der Waals surface area contributed by atoms with Crippen molar-refractivity contribution in [1.29, 1.82) is 0 Å². The fourth-order valence-electron chi connectivity index (χ4n) is 12.8. The van der Waals surface area contributed by atoms with Crippen LogP contribution in [0.25, 0.3) is 117 Å². The molecule has 0 bridgehead atoms. The molecule has 0 atom stereocenters. The molecule has 0 radical (unpaired) electrons. The summed E-state index contributed by atoms with van der Waals surface area (Å²) in [7, 11) is 0. The fourth-order valence-corrected chi connectivity index (χ4v) is 12.8. The van der Waals surface area contributed by atoms with Crippen molar-refractivity contribution in [2.45, 2.75) is 130 Å². The minimum Gasteiger partial charge on any atom is -0.510 e. The summed E-state index contributed by atoms with van der Waals surface area (Å²) in [4.78, 5) is 4.86. The number of para-hydroxylation sites is 2. The van der Waals surface area contributed by atoms with E-state index >= 15 is 0 Å². The molecule has 2 aliphatic rings. The second-order valence-corrected chi connectivity index (χ2v) is 26.8. The number of nitrogens with zero attached hydrogens (tertiary/aromatic N) is 4. The predicted octanol–water partition coefficient (Wildman–Crippen LogP) is 22.1. The molecule has 0 saturated heterocycles. The number of ether oxygens (including phenoxy) is 1. The van der Waals surface area contributed by atoms with Gasteiger partial charge in [-0.3, -0.25) is 4.57 Å².